The Balaban J connectivity index is 0.000000201. The van der Waals surface area contributed by atoms with Crippen molar-refractivity contribution in [3.8, 4) is 11.5 Å². The van der Waals surface area contributed by atoms with Crippen molar-refractivity contribution in [2.75, 3.05) is 26.2 Å². The van der Waals surface area contributed by atoms with Crippen LogP contribution in [-0.2, 0) is 0 Å². The molecule has 0 saturated carbocycles. The second kappa shape index (κ2) is 11.3. The lowest BCUT2D eigenvalue weighted by molar-refractivity contribution is -0.385. The summed E-state index contributed by atoms with van der Waals surface area (Å²) in [6.07, 6.45) is 0. The van der Waals surface area contributed by atoms with Gasteiger partial charge in [0.1, 0.15) is 11.5 Å². The third-order valence-electron chi connectivity index (χ3n) is 3.08. The van der Waals surface area contributed by atoms with Crippen molar-refractivity contribution < 1.29 is 20.1 Å². The van der Waals surface area contributed by atoms with E-state index in [2.05, 4.69) is 10.6 Å². The molecule has 1 heterocycles. The van der Waals surface area contributed by atoms with Crippen LogP contribution in [0.1, 0.15) is 0 Å². The minimum atomic E-state index is -0.514. The quantitative estimate of drug-likeness (QED) is 0.465. The summed E-state index contributed by atoms with van der Waals surface area (Å²) in [5.41, 5.74) is -0.0319. The van der Waals surface area contributed by atoms with Gasteiger partial charge in [0, 0.05) is 50.4 Å². The van der Waals surface area contributed by atoms with E-state index < -0.39 is 9.85 Å². The molecule has 0 aliphatic carbocycles. The number of nitrogens with one attached hydrogen (secondary N) is 2. The van der Waals surface area contributed by atoms with Crippen LogP contribution in [0, 0.1) is 20.2 Å². The van der Waals surface area contributed by atoms with Gasteiger partial charge in [-0.2, -0.15) is 0 Å². The van der Waals surface area contributed by atoms with Crippen LogP contribution >= 0.6 is 0 Å². The number of rotatable bonds is 2. The van der Waals surface area contributed by atoms with E-state index in [0.717, 1.165) is 26.2 Å². The molecule has 3 rings (SSSR count). The second-order valence-electron chi connectivity index (χ2n) is 5.05. The third-order valence-corrected chi connectivity index (χ3v) is 3.08. The number of piperazine rings is 1. The molecule has 0 spiro atoms. The third kappa shape index (κ3) is 8.57. The van der Waals surface area contributed by atoms with E-state index in [9.17, 15) is 20.2 Å². The first-order valence-corrected chi connectivity index (χ1v) is 7.68. The van der Waals surface area contributed by atoms with E-state index in [4.69, 9.17) is 10.2 Å². The Labute approximate surface area is 149 Å². The molecule has 2 aromatic rings. The second-order valence-corrected chi connectivity index (χ2v) is 5.05. The van der Waals surface area contributed by atoms with Crippen molar-refractivity contribution in [1.29, 1.82) is 0 Å². The summed E-state index contributed by atoms with van der Waals surface area (Å²) in [7, 11) is 0. The number of phenolic OH excluding ortho intramolecular Hbond substituents is 2. The molecule has 0 atom stereocenters. The largest absolute Gasteiger partial charge is 0.508 e. The summed E-state index contributed by atoms with van der Waals surface area (Å²) in [6.45, 7) is 4.56. The summed E-state index contributed by atoms with van der Waals surface area (Å²) in [5.74, 6) is 0.0659. The van der Waals surface area contributed by atoms with Gasteiger partial charge >= 0.3 is 0 Å². The maximum atomic E-state index is 10.0. The zero-order valence-corrected chi connectivity index (χ0v) is 13.9. The molecule has 0 unspecified atom stereocenters. The average Bonchev–Trinajstić information content (AvgIpc) is 2.65. The van der Waals surface area contributed by atoms with Crippen molar-refractivity contribution in [3.63, 3.8) is 0 Å². The Morgan fingerprint density at radius 1 is 0.654 bits per heavy atom. The Morgan fingerprint density at radius 2 is 0.923 bits per heavy atom. The van der Waals surface area contributed by atoms with Crippen LogP contribution in [0.5, 0.6) is 11.5 Å². The van der Waals surface area contributed by atoms with Gasteiger partial charge in [0.25, 0.3) is 11.4 Å². The topological polar surface area (TPSA) is 151 Å². The van der Waals surface area contributed by atoms with Gasteiger partial charge in [-0.3, -0.25) is 20.2 Å². The highest BCUT2D eigenvalue weighted by molar-refractivity contribution is 5.35. The molecule has 10 nitrogen and oxygen atoms in total. The standard InChI is InChI=1S/2C6H5NO3.C4H10N2/c2*8-6-3-1-5(2-4-6)7(9)10;1-2-6-4-3-5-1/h2*1-4,8H;5-6H,1-4H2. The van der Waals surface area contributed by atoms with Crippen molar-refractivity contribution in [2.24, 2.45) is 0 Å². The average molecular weight is 364 g/mol. The lowest BCUT2D eigenvalue weighted by atomic mass is 10.3. The van der Waals surface area contributed by atoms with E-state index in [0.29, 0.717) is 0 Å². The summed E-state index contributed by atoms with van der Waals surface area (Å²) in [6, 6.07) is 10.1. The van der Waals surface area contributed by atoms with Gasteiger partial charge in [-0.1, -0.05) is 0 Å². The molecular formula is C16H20N4O6. The highest BCUT2D eigenvalue weighted by Crippen LogP contribution is 2.15. The van der Waals surface area contributed by atoms with E-state index >= 15 is 0 Å². The lowest BCUT2D eigenvalue weighted by Gasteiger charge is -2.11. The Bertz CT molecular complexity index is 620. The Kier molecular flexibility index (Phi) is 9.07. The number of non-ortho nitro benzene ring substituents is 2. The number of hydrogen-bond acceptors (Lipinski definition) is 8. The van der Waals surface area contributed by atoms with Crippen LogP contribution in [0.4, 0.5) is 11.4 Å². The van der Waals surface area contributed by atoms with Crippen LogP contribution < -0.4 is 10.6 Å². The van der Waals surface area contributed by atoms with E-state index in [1.165, 1.54) is 48.5 Å². The number of benzene rings is 2. The summed E-state index contributed by atoms with van der Waals surface area (Å²) in [4.78, 5) is 19.0. The van der Waals surface area contributed by atoms with Gasteiger partial charge < -0.3 is 20.8 Å². The molecule has 1 fully saturated rings. The number of phenols is 2. The monoisotopic (exact) mass is 364 g/mol. The van der Waals surface area contributed by atoms with Crippen molar-refractivity contribution in [2.45, 2.75) is 0 Å². The predicted octanol–water partition coefficient (Wildman–Crippen LogP) is 1.78. The maximum Gasteiger partial charge on any atom is 0.269 e. The van der Waals surface area contributed by atoms with E-state index in [1.54, 1.807) is 0 Å². The summed E-state index contributed by atoms with van der Waals surface area (Å²) < 4.78 is 0. The molecule has 2 aromatic carbocycles. The SMILES string of the molecule is C1CNCCN1.O=[N+]([O-])c1ccc(O)cc1.O=[N+]([O-])c1ccc(O)cc1. The van der Waals surface area contributed by atoms with E-state index in [1.807, 2.05) is 0 Å². The van der Waals surface area contributed by atoms with Crippen molar-refractivity contribution >= 4 is 11.4 Å². The number of nitrogens with zero attached hydrogens (tertiary/aromatic N) is 2. The Morgan fingerprint density at radius 3 is 1.12 bits per heavy atom. The maximum absolute atomic E-state index is 10.0. The minimum Gasteiger partial charge on any atom is -0.508 e. The van der Waals surface area contributed by atoms with Gasteiger partial charge in [0.05, 0.1) is 9.85 Å². The molecule has 26 heavy (non-hydrogen) atoms. The molecule has 4 N–H and O–H groups in total. The summed E-state index contributed by atoms with van der Waals surface area (Å²) >= 11 is 0. The number of nitro groups is 2. The summed E-state index contributed by atoms with van der Waals surface area (Å²) in [5, 5.41) is 43.9. The first-order valence-electron chi connectivity index (χ1n) is 7.68. The lowest BCUT2D eigenvalue weighted by Crippen LogP contribution is -2.39. The van der Waals surface area contributed by atoms with Crippen LogP contribution in [0.25, 0.3) is 0 Å². The molecule has 0 radical (unpaired) electrons. The fourth-order valence-corrected chi connectivity index (χ4v) is 1.75. The smallest absolute Gasteiger partial charge is 0.269 e. The molecule has 0 aromatic heterocycles. The molecule has 1 saturated heterocycles. The predicted molar refractivity (Wildman–Crippen MR) is 95.3 cm³/mol. The van der Waals surface area contributed by atoms with Crippen LogP contribution in [0.3, 0.4) is 0 Å². The van der Waals surface area contributed by atoms with Crippen LogP contribution in [0.2, 0.25) is 0 Å². The van der Waals surface area contributed by atoms with Gasteiger partial charge in [-0.15, -0.1) is 0 Å². The van der Waals surface area contributed by atoms with Crippen molar-refractivity contribution in [3.05, 3.63) is 68.8 Å². The normalized spacial score (nSPS) is 12.6. The molecule has 1 aliphatic heterocycles. The van der Waals surface area contributed by atoms with E-state index in [-0.39, 0.29) is 22.9 Å². The molecule has 0 bridgehead atoms. The number of nitro benzene ring substituents is 2. The highest BCUT2D eigenvalue weighted by atomic mass is 16.6. The fourth-order valence-electron chi connectivity index (χ4n) is 1.75. The first kappa shape index (κ1) is 20.8. The molecule has 140 valence electrons. The zero-order chi connectivity index (χ0) is 19.4. The van der Waals surface area contributed by atoms with Crippen LogP contribution in [0.15, 0.2) is 48.5 Å². The van der Waals surface area contributed by atoms with Crippen LogP contribution in [-0.4, -0.2) is 46.2 Å². The van der Waals surface area contributed by atoms with Gasteiger partial charge in [-0.25, -0.2) is 0 Å². The van der Waals surface area contributed by atoms with Crippen molar-refractivity contribution in [1.82, 2.24) is 10.6 Å². The Hall–Kier alpha value is -3.24. The van der Waals surface area contributed by atoms with Gasteiger partial charge in [-0.05, 0) is 24.3 Å². The minimum absolute atomic E-state index is 0.0159. The molecule has 1 aliphatic rings. The fraction of sp³-hybridized carbons (Fsp3) is 0.250. The zero-order valence-electron chi connectivity index (χ0n) is 13.9. The first-order chi connectivity index (χ1) is 12.4. The van der Waals surface area contributed by atoms with Gasteiger partial charge in [0.2, 0.25) is 0 Å². The molecule has 0 amide bonds. The molecule has 10 heteroatoms. The van der Waals surface area contributed by atoms with Gasteiger partial charge in [0.15, 0.2) is 0 Å². The highest BCUT2D eigenvalue weighted by Gasteiger charge is 2.02. The number of hydrogen-bond donors (Lipinski definition) is 4. The molecular weight excluding hydrogens is 344 g/mol. The number of aromatic hydroxyl groups is 2.